The summed E-state index contributed by atoms with van der Waals surface area (Å²) in [6.45, 7) is 4.86. The molecule has 4 rings (SSSR count). The number of nitrogens with one attached hydrogen (secondary N) is 1. The van der Waals surface area contributed by atoms with Crippen molar-refractivity contribution in [2.24, 2.45) is 0 Å². The number of nitrogens with zero attached hydrogens (tertiary/aromatic N) is 1. The number of carbonyl (C=O) groups is 1. The highest BCUT2D eigenvalue weighted by Gasteiger charge is 2.30. The van der Waals surface area contributed by atoms with E-state index in [1.807, 2.05) is 12.1 Å². The van der Waals surface area contributed by atoms with E-state index in [0.717, 1.165) is 26.2 Å². The first-order valence-corrected chi connectivity index (χ1v) is 10.1. The number of rotatable bonds is 5. The maximum atomic E-state index is 14.6. The molecule has 4 heteroatoms. The first kappa shape index (κ1) is 19.3. The van der Waals surface area contributed by atoms with Crippen LogP contribution in [0.4, 0.5) is 10.1 Å². The quantitative estimate of drug-likeness (QED) is 0.676. The number of carbonyl (C=O) groups excluding carboxylic acids is 1. The second-order valence-electron chi connectivity index (χ2n) is 7.62. The Morgan fingerprint density at radius 1 is 0.897 bits per heavy atom. The Morgan fingerprint density at radius 2 is 1.45 bits per heavy atom. The molecule has 0 aliphatic carbocycles. The summed E-state index contributed by atoms with van der Waals surface area (Å²) in [5.74, 6) is -0.429. The second-order valence-corrected chi connectivity index (χ2v) is 7.62. The van der Waals surface area contributed by atoms with Crippen LogP contribution in [-0.4, -0.2) is 32.0 Å². The molecule has 3 nitrogen and oxygen atoms in total. The SMILES string of the molecule is CC(=O)c1ccc(N2CC[NH+](C(c3ccccc3)c3ccccc3)CC2)c(F)c1. The zero-order valence-electron chi connectivity index (χ0n) is 16.6. The molecule has 0 amide bonds. The minimum absolute atomic E-state index is 0.113. The average molecular weight is 389 g/mol. The van der Waals surface area contributed by atoms with Crippen molar-refractivity contribution in [1.82, 2.24) is 0 Å². The number of quaternary nitrogens is 1. The predicted octanol–water partition coefficient (Wildman–Crippen LogP) is 3.52. The second kappa shape index (κ2) is 8.58. The van der Waals surface area contributed by atoms with Gasteiger partial charge in [0.05, 0.1) is 31.9 Å². The number of halogens is 1. The van der Waals surface area contributed by atoms with Gasteiger partial charge in [-0.25, -0.2) is 4.39 Å². The van der Waals surface area contributed by atoms with Crippen molar-refractivity contribution in [3.05, 3.63) is 101 Å². The van der Waals surface area contributed by atoms with Crippen LogP contribution in [0.25, 0.3) is 0 Å². The average Bonchev–Trinajstić information content (AvgIpc) is 2.76. The summed E-state index contributed by atoms with van der Waals surface area (Å²) >= 11 is 0. The standard InChI is InChI=1S/C25H25FN2O/c1-19(29)22-12-13-24(23(26)18-22)27-14-16-28(17-15-27)25(20-8-4-2-5-9-20)21-10-6-3-7-11-21/h2-13,18,25H,14-17H2,1H3/p+1. The molecular formula is C25H26FN2O+. The van der Waals surface area contributed by atoms with Gasteiger partial charge in [0.2, 0.25) is 0 Å². The number of hydrogen-bond donors (Lipinski definition) is 1. The van der Waals surface area contributed by atoms with Crippen molar-refractivity contribution < 1.29 is 14.1 Å². The molecule has 1 fully saturated rings. The topological polar surface area (TPSA) is 24.8 Å². The summed E-state index contributed by atoms with van der Waals surface area (Å²) in [5, 5.41) is 0. The monoisotopic (exact) mass is 389 g/mol. The number of ketones is 1. The molecule has 3 aromatic rings. The van der Waals surface area contributed by atoms with E-state index in [-0.39, 0.29) is 17.6 Å². The summed E-state index contributed by atoms with van der Waals surface area (Å²) in [6, 6.07) is 26.3. The smallest absolute Gasteiger partial charge is 0.159 e. The normalized spacial score (nSPS) is 14.9. The molecule has 0 aromatic heterocycles. The van der Waals surface area contributed by atoms with Gasteiger partial charge in [0.25, 0.3) is 0 Å². The lowest BCUT2D eigenvalue weighted by Crippen LogP contribution is -3.15. The lowest BCUT2D eigenvalue weighted by atomic mass is 9.96. The third-order valence-corrected chi connectivity index (χ3v) is 5.77. The minimum Gasteiger partial charge on any atom is -0.358 e. The fourth-order valence-corrected chi connectivity index (χ4v) is 4.26. The lowest BCUT2D eigenvalue weighted by molar-refractivity contribution is -0.926. The Kier molecular flexibility index (Phi) is 5.72. The van der Waals surface area contributed by atoms with E-state index in [2.05, 4.69) is 53.4 Å². The molecule has 0 radical (unpaired) electrons. The van der Waals surface area contributed by atoms with Crippen LogP contribution >= 0.6 is 0 Å². The summed E-state index contributed by atoms with van der Waals surface area (Å²) in [6.07, 6.45) is 0. The van der Waals surface area contributed by atoms with E-state index in [1.54, 1.807) is 12.1 Å². The fourth-order valence-electron chi connectivity index (χ4n) is 4.26. The predicted molar refractivity (Wildman–Crippen MR) is 114 cm³/mol. The minimum atomic E-state index is -0.316. The van der Waals surface area contributed by atoms with Crippen LogP contribution in [0.2, 0.25) is 0 Å². The Labute approximate surface area is 171 Å². The Hall–Kier alpha value is -2.98. The number of Topliss-reactive ketones (excluding diaryl/α,β-unsaturated/α-hetero) is 1. The highest BCUT2D eigenvalue weighted by Crippen LogP contribution is 2.23. The molecular weight excluding hydrogens is 363 g/mol. The van der Waals surface area contributed by atoms with E-state index in [4.69, 9.17) is 0 Å². The van der Waals surface area contributed by atoms with Gasteiger partial charge in [-0.2, -0.15) is 0 Å². The maximum absolute atomic E-state index is 14.6. The Morgan fingerprint density at radius 3 is 1.93 bits per heavy atom. The van der Waals surface area contributed by atoms with Gasteiger partial charge in [0, 0.05) is 16.7 Å². The summed E-state index contributed by atoms with van der Waals surface area (Å²) in [7, 11) is 0. The lowest BCUT2D eigenvalue weighted by Gasteiger charge is -2.38. The van der Waals surface area contributed by atoms with Gasteiger partial charge in [-0.15, -0.1) is 0 Å². The van der Waals surface area contributed by atoms with Gasteiger partial charge in [0.1, 0.15) is 11.9 Å². The molecule has 0 saturated carbocycles. The van der Waals surface area contributed by atoms with Crippen molar-refractivity contribution in [3.8, 4) is 0 Å². The van der Waals surface area contributed by atoms with Crippen LogP contribution in [0.15, 0.2) is 78.9 Å². The summed E-state index contributed by atoms with van der Waals surface area (Å²) in [5.41, 5.74) is 3.62. The first-order chi connectivity index (χ1) is 14.1. The van der Waals surface area contributed by atoms with Crippen LogP contribution < -0.4 is 9.80 Å². The molecule has 29 heavy (non-hydrogen) atoms. The van der Waals surface area contributed by atoms with Crippen LogP contribution in [0.3, 0.4) is 0 Å². The highest BCUT2D eigenvalue weighted by molar-refractivity contribution is 5.94. The molecule has 1 N–H and O–H groups in total. The molecule has 1 saturated heterocycles. The molecule has 0 bridgehead atoms. The highest BCUT2D eigenvalue weighted by atomic mass is 19.1. The van der Waals surface area contributed by atoms with E-state index in [1.165, 1.54) is 29.0 Å². The molecule has 0 unspecified atom stereocenters. The van der Waals surface area contributed by atoms with Gasteiger partial charge >= 0.3 is 0 Å². The summed E-state index contributed by atoms with van der Waals surface area (Å²) in [4.78, 5) is 15.1. The van der Waals surface area contributed by atoms with Crippen molar-refractivity contribution in [2.45, 2.75) is 13.0 Å². The molecule has 0 atom stereocenters. The zero-order valence-corrected chi connectivity index (χ0v) is 16.6. The molecule has 148 valence electrons. The van der Waals surface area contributed by atoms with Gasteiger partial charge in [0.15, 0.2) is 5.78 Å². The van der Waals surface area contributed by atoms with E-state index in [9.17, 15) is 9.18 Å². The van der Waals surface area contributed by atoms with Crippen LogP contribution in [-0.2, 0) is 0 Å². The summed E-state index contributed by atoms with van der Waals surface area (Å²) < 4.78 is 14.6. The van der Waals surface area contributed by atoms with Gasteiger partial charge < -0.3 is 9.80 Å². The number of anilines is 1. The van der Waals surface area contributed by atoms with Crippen molar-refractivity contribution in [1.29, 1.82) is 0 Å². The van der Waals surface area contributed by atoms with E-state index in [0.29, 0.717) is 11.3 Å². The first-order valence-electron chi connectivity index (χ1n) is 10.1. The van der Waals surface area contributed by atoms with E-state index >= 15 is 0 Å². The Balaban J connectivity index is 1.54. The van der Waals surface area contributed by atoms with Gasteiger partial charge in [-0.05, 0) is 25.1 Å². The van der Waals surface area contributed by atoms with Crippen molar-refractivity contribution in [3.63, 3.8) is 0 Å². The fraction of sp³-hybridized carbons (Fsp3) is 0.240. The van der Waals surface area contributed by atoms with Crippen LogP contribution in [0, 0.1) is 5.82 Å². The van der Waals surface area contributed by atoms with Crippen molar-refractivity contribution in [2.75, 3.05) is 31.1 Å². The molecule has 1 aliphatic rings. The number of benzene rings is 3. The zero-order chi connectivity index (χ0) is 20.2. The molecule has 1 aliphatic heterocycles. The maximum Gasteiger partial charge on any atom is 0.159 e. The van der Waals surface area contributed by atoms with Crippen LogP contribution in [0.1, 0.15) is 34.5 Å². The van der Waals surface area contributed by atoms with Crippen molar-refractivity contribution >= 4 is 11.5 Å². The van der Waals surface area contributed by atoms with Crippen LogP contribution in [0.5, 0.6) is 0 Å². The third kappa shape index (κ3) is 4.22. The third-order valence-electron chi connectivity index (χ3n) is 5.77. The van der Waals surface area contributed by atoms with Gasteiger partial charge in [-0.3, -0.25) is 4.79 Å². The van der Waals surface area contributed by atoms with Gasteiger partial charge in [-0.1, -0.05) is 60.7 Å². The number of hydrogen-bond acceptors (Lipinski definition) is 2. The molecule has 1 heterocycles. The van der Waals surface area contributed by atoms with E-state index < -0.39 is 0 Å². The number of piperazine rings is 1. The molecule has 0 spiro atoms. The Bertz CT molecular complexity index is 927. The molecule has 3 aromatic carbocycles. The largest absolute Gasteiger partial charge is 0.358 e.